The summed E-state index contributed by atoms with van der Waals surface area (Å²) >= 11 is 0. The number of hydrogen-bond acceptors (Lipinski definition) is 3. The summed E-state index contributed by atoms with van der Waals surface area (Å²) in [6, 6.07) is 2.09. The van der Waals surface area contributed by atoms with Crippen LogP contribution < -0.4 is 5.56 Å². The lowest BCUT2D eigenvalue weighted by Crippen LogP contribution is -2.46. The first kappa shape index (κ1) is 16.4. The number of amides is 1. The number of rotatable bonds is 4. The minimum Gasteiger partial charge on any atom is -0.357 e. The standard InChI is InChI=1S/C19H26N4O2/c1-21-12-16(15-5-8-20-17(15)19(21)25)18(24)22(2)14-6-9-23(10-7-14)11-13-3-4-13/h5,8,12-14,20H,3-4,6-7,9-11H2,1-2H3. The molecule has 0 spiro atoms. The summed E-state index contributed by atoms with van der Waals surface area (Å²) in [6.07, 6.45) is 8.21. The normalized spacial score (nSPS) is 19.4. The Bertz CT molecular complexity index is 841. The minimum absolute atomic E-state index is 0.000780. The van der Waals surface area contributed by atoms with E-state index in [0.717, 1.165) is 31.8 Å². The van der Waals surface area contributed by atoms with Crippen molar-refractivity contribution in [1.82, 2.24) is 19.4 Å². The van der Waals surface area contributed by atoms with Crippen LogP contribution in [0.4, 0.5) is 0 Å². The van der Waals surface area contributed by atoms with Crippen molar-refractivity contribution in [2.45, 2.75) is 31.7 Å². The number of aromatic nitrogens is 2. The zero-order valence-corrected chi connectivity index (χ0v) is 15.0. The number of aryl methyl sites for hydroxylation is 1. The Labute approximate surface area is 147 Å². The van der Waals surface area contributed by atoms with Gasteiger partial charge in [-0.3, -0.25) is 9.59 Å². The largest absolute Gasteiger partial charge is 0.357 e. The van der Waals surface area contributed by atoms with Gasteiger partial charge in [0.05, 0.1) is 5.56 Å². The number of carbonyl (C=O) groups is 1. The molecule has 1 aliphatic heterocycles. The van der Waals surface area contributed by atoms with Gasteiger partial charge in [-0.25, -0.2) is 0 Å². The fourth-order valence-electron chi connectivity index (χ4n) is 3.95. The average Bonchev–Trinajstić information content (AvgIpc) is 3.29. The first-order chi connectivity index (χ1) is 12.0. The quantitative estimate of drug-likeness (QED) is 0.922. The molecule has 2 fully saturated rings. The van der Waals surface area contributed by atoms with Crippen LogP contribution in [0.3, 0.4) is 0 Å². The number of nitrogens with one attached hydrogen (secondary N) is 1. The Balaban J connectivity index is 1.50. The molecule has 2 aliphatic rings. The molecule has 0 unspecified atom stereocenters. The van der Waals surface area contributed by atoms with Gasteiger partial charge in [-0.15, -0.1) is 0 Å². The van der Waals surface area contributed by atoms with Crippen LogP contribution in [0.1, 0.15) is 36.0 Å². The zero-order valence-electron chi connectivity index (χ0n) is 15.0. The molecular formula is C19H26N4O2. The van der Waals surface area contributed by atoms with E-state index in [1.165, 1.54) is 24.0 Å². The van der Waals surface area contributed by atoms with Crippen LogP contribution in [-0.2, 0) is 7.05 Å². The molecular weight excluding hydrogens is 316 g/mol. The van der Waals surface area contributed by atoms with E-state index >= 15 is 0 Å². The van der Waals surface area contributed by atoms with Crippen LogP contribution in [0.25, 0.3) is 10.9 Å². The van der Waals surface area contributed by atoms with E-state index in [9.17, 15) is 9.59 Å². The van der Waals surface area contributed by atoms with Gasteiger partial charge in [-0.1, -0.05) is 0 Å². The van der Waals surface area contributed by atoms with E-state index in [1.54, 1.807) is 19.4 Å². The molecule has 3 heterocycles. The van der Waals surface area contributed by atoms with Crippen molar-refractivity contribution in [1.29, 1.82) is 0 Å². The smallest absolute Gasteiger partial charge is 0.274 e. The third-order valence-electron chi connectivity index (χ3n) is 5.76. The Morgan fingerprint density at radius 1 is 1.28 bits per heavy atom. The van der Waals surface area contributed by atoms with Crippen LogP contribution in [0.2, 0.25) is 0 Å². The lowest BCUT2D eigenvalue weighted by Gasteiger charge is -2.37. The highest BCUT2D eigenvalue weighted by Gasteiger charge is 2.30. The highest BCUT2D eigenvalue weighted by atomic mass is 16.2. The van der Waals surface area contributed by atoms with E-state index < -0.39 is 0 Å². The third kappa shape index (κ3) is 3.11. The van der Waals surface area contributed by atoms with Gasteiger partial charge in [-0.2, -0.15) is 0 Å². The number of hydrogen-bond donors (Lipinski definition) is 1. The lowest BCUT2D eigenvalue weighted by atomic mass is 10.0. The predicted octanol–water partition coefficient (Wildman–Crippen LogP) is 1.81. The molecule has 134 valence electrons. The summed E-state index contributed by atoms with van der Waals surface area (Å²) in [6.45, 7) is 3.38. The molecule has 1 saturated heterocycles. The third-order valence-corrected chi connectivity index (χ3v) is 5.76. The SMILES string of the molecule is CN(C(=O)c1cn(C)c(=O)c2[nH]ccc12)C1CCN(CC2CC2)CC1. The van der Waals surface area contributed by atoms with E-state index in [4.69, 9.17) is 0 Å². The topological polar surface area (TPSA) is 61.3 Å². The van der Waals surface area contributed by atoms with Crippen LogP contribution in [0, 0.1) is 5.92 Å². The summed E-state index contributed by atoms with van der Waals surface area (Å²) < 4.78 is 1.48. The summed E-state index contributed by atoms with van der Waals surface area (Å²) in [4.78, 5) is 32.6. The van der Waals surface area contributed by atoms with Crippen molar-refractivity contribution in [2.75, 3.05) is 26.7 Å². The van der Waals surface area contributed by atoms with E-state index in [0.29, 0.717) is 16.5 Å². The average molecular weight is 342 g/mol. The summed E-state index contributed by atoms with van der Waals surface area (Å²) in [5, 5.41) is 0.714. The predicted molar refractivity (Wildman–Crippen MR) is 97.8 cm³/mol. The fourth-order valence-corrected chi connectivity index (χ4v) is 3.95. The van der Waals surface area contributed by atoms with Crippen LogP contribution in [-0.4, -0.2) is 58.0 Å². The Hall–Kier alpha value is -2.08. The number of pyridine rings is 1. The van der Waals surface area contributed by atoms with Crippen LogP contribution in [0.5, 0.6) is 0 Å². The van der Waals surface area contributed by atoms with Crippen LogP contribution in [0.15, 0.2) is 23.3 Å². The molecule has 0 aromatic carbocycles. The second-order valence-corrected chi connectivity index (χ2v) is 7.62. The van der Waals surface area contributed by atoms with Crippen molar-refractivity contribution < 1.29 is 4.79 Å². The lowest BCUT2D eigenvalue weighted by molar-refractivity contribution is 0.0640. The summed E-state index contributed by atoms with van der Waals surface area (Å²) in [5.41, 5.74) is 0.995. The molecule has 2 aromatic rings. The molecule has 4 rings (SSSR count). The summed E-state index contributed by atoms with van der Waals surface area (Å²) in [7, 11) is 3.59. The Morgan fingerprint density at radius 3 is 2.68 bits per heavy atom. The maximum absolute atomic E-state index is 13.1. The first-order valence-corrected chi connectivity index (χ1v) is 9.21. The number of piperidine rings is 1. The zero-order chi connectivity index (χ0) is 17.6. The monoisotopic (exact) mass is 342 g/mol. The van der Waals surface area contributed by atoms with E-state index in [-0.39, 0.29) is 17.5 Å². The second kappa shape index (κ2) is 6.33. The van der Waals surface area contributed by atoms with E-state index in [2.05, 4.69) is 9.88 Å². The van der Waals surface area contributed by atoms with Gasteiger partial charge in [0.1, 0.15) is 5.52 Å². The molecule has 0 atom stereocenters. The van der Waals surface area contributed by atoms with E-state index in [1.807, 2.05) is 18.0 Å². The van der Waals surface area contributed by atoms with Gasteiger partial charge in [-0.05, 0) is 37.7 Å². The number of nitrogens with zero attached hydrogens (tertiary/aromatic N) is 3. The molecule has 0 radical (unpaired) electrons. The molecule has 6 heteroatoms. The summed E-state index contributed by atoms with van der Waals surface area (Å²) in [5.74, 6) is 0.921. The van der Waals surface area contributed by atoms with Gasteiger partial charge in [0.25, 0.3) is 11.5 Å². The van der Waals surface area contributed by atoms with Gasteiger partial charge < -0.3 is 19.4 Å². The molecule has 6 nitrogen and oxygen atoms in total. The molecule has 1 aliphatic carbocycles. The molecule has 1 N–H and O–H groups in total. The molecule has 1 saturated carbocycles. The molecule has 0 bridgehead atoms. The maximum Gasteiger partial charge on any atom is 0.274 e. The number of carbonyl (C=O) groups excluding carboxylic acids is 1. The first-order valence-electron chi connectivity index (χ1n) is 9.21. The number of H-pyrrole nitrogens is 1. The second-order valence-electron chi connectivity index (χ2n) is 7.62. The van der Waals surface area contributed by atoms with Crippen molar-refractivity contribution >= 4 is 16.8 Å². The van der Waals surface area contributed by atoms with Crippen molar-refractivity contribution in [2.24, 2.45) is 13.0 Å². The number of likely N-dealkylation sites (tertiary alicyclic amines) is 1. The number of aromatic amines is 1. The Kier molecular flexibility index (Phi) is 4.15. The fraction of sp³-hybridized carbons (Fsp3) is 0.579. The molecule has 25 heavy (non-hydrogen) atoms. The van der Waals surface area contributed by atoms with Gasteiger partial charge in [0.2, 0.25) is 0 Å². The molecule has 2 aromatic heterocycles. The van der Waals surface area contributed by atoms with Crippen molar-refractivity contribution in [3.8, 4) is 0 Å². The maximum atomic E-state index is 13.1. The van der Waals surface area contributed by atoms with Crippen molar-refractivity contribution in [3.05, 3.63) is 34.4 Å². The van der Waals surface area contributed by atoms with Gasteiger partial charge in [0.15, 0.2) is 0 Å². The van der Waals surface area contributed by atoms with Gasteiger partial charge in [0, 0.05) is 57.6 Å². The minimum atomic E-state index is -0.104. The van der Waals surface area contributed by atoms with Crippen LogP contribution >= 0.6 is 0 Å². The highest BCUT2D eigenvalue weighted by Crippen LogP contribution is 2.31. The Morgan fingerprint density at radius 2 is 2.00 bits per heavy atom. The number of fused-ring (bicyclic) bond motifs is 1. The highest BCUT2D eigenvalue weighted by molar-refractivity contribution is 6.05. The molecule has 1 amide bonds. The van der Waals surface area contributed by atoms with Crippen molar-refractivity contribution in [3.63, 3.8) is 0 Å². The van der Waals surface area contributed by atoms with Gasteiger partial charge >= 0.3 is 0 Å².